The van der Waals surface area contributed by atoms with Crippen molar-refractivity contribution in [3.63, 3.8) is 0 Å². The zero-order valence-corrected chi connectivity index (χ0v) is 11.3. The normalized spacial score (nSPS) is 12.4. The molecule has 19 heavy (non-hydrogen) atoms. The Hall–Kier alpha value is -1.93. The highest BCUT2D eigenvalue weighted by Gasteiger charge is 2.19. The molecule has 0 radical (unpaired) electrons. The Kier molecular flexibility index (Phi) is 2.96. The zero-order chi connectivity index (χ0) is 13.4. The molecule has 0 heterocycles. The van der Waals surface area contributed by atoms with Gasteiger partial charge in [-0.1, -0.05) is 36.4 Å². The first-order chi connectivity index (χ1) is 9.15. The van der Waals surface area contributed by atoms with Gasteiger partial charge in [-0.05, 0) is 48.8 Å². The van der Waals surface area contributed by atoms with Crippen LogP contribution in [0, 0.1) is 0 Å². The molecule has 2 aromatic rings. The van der Waals surface area contributed by atoms with Gasteiger partial charge in [0, 0.05) is 5.56 Å². The predicted molar refractivity (Wildman–Crippen MR) is 77.6 cm³/mol. The molecule has 2 nitrogen and oxygen atoms in total. The summed E-state index contributed by atoms with van der Waals surface area (Å²) in [5.74, 6) is 0.184. The van der Waals surface area contributed by atoms with Crippen LogP contribution >= 0.6 is 0 Å². The van der Waals surface area contributed by atoms with Gasteiger partial charge in [-0.25, -0.2) is 0 Å². The van der Waals surface area contributed by atoms with E-state index >= 15 is 0 Å². The van der Waals surface area contributed by atoms with Crippen LogP contribution in [0.5, 0.6) is 0 Å². The lowest BCUT2D eigenvalue weighted by atomic mass is 10.0. The number of hydrogen-bond donors (Lipinski definition) is 0. The van der Waals surface area contributed by atoms with Gasteiger partial charge in [0.15, 0.2) is 5.78 Å². The Morgan fingerprint density at radius 3 is 2.58 bits per heavy atom. The minimum atomic E-state index is 0.184. The molecular formula is C17H17NO. The molecule has 3 rings (SSSR count). The highest BCUT2D eigenvalue weighted by atomic mass is 16.1. The van der Waals surface area contributed by atoms with Crippen LogP contribution in [-0.2, 0) is 6.42 Å². The summed E-state index contributed by atoms with van der Waals surface area (Å²) in [6.45, 7) is 0.464. The summed E-state index contributed by atoms with van der Waals surface area (Å²) < 4.78 is 0. The van der Waals surface area contributed by atoms with Gasteiger partial charge in [-0.15, -0.1) is 0 Å². The van der Waals surface area contributed by atoms with Crippen molar-refractivity contribution in [2.45, 2.75) is 6.42 Å². The number of rotatable bonds is 3. The number of Topliss-reactive ketones (excluding diaryl/α,β-unsaturated/α-hetero) is 1. The molecule has 0 aliphatic heterocycles. The number of carbonyl (C=O) groups is 1. The maximum atomic E-state index is 12.1. The Bertz CT molecular complexity index is 643. The van der Waals surface area contributed by atoms with Crippen molar-refractivity contribution in [2.75, 3.05) is 20.6 Å². The third kappa shape index (κ3) is 2.20. The number of hydrogen-bond acceptors (Lipinski definition) is 2. The standard InChI is InChI=1S/C17H17NO/c1-18(2)11-17(19)13-7-8-16-14(10-13)9-12-5-3-4-6-15(12)16/h3-8,10H,9,11H2,1-2H3. The second kappa shape index (κ2) is 4.63. The van der Waals surface area contributed by atoms with Gasteiger partial charge in [0.25, 0.3) is 0 Å². The number of carbonyl (C=O) groups excluding carboxylic acids is 1. The molecule has 0 saturated heterocycles. The molecule has 0 unspecified atom stereocenters. The zero-order valence-electron chi connectivity index (χ0n) is 11.3. The van der Waals surface area contributed by atoms with Crippen LogP contribution in [-0.4, -0.2) is 31.3 Å². The predicted octanol–water partition coefficient (Wildman–Crippen LogP) is 3.00. The summed E-state index contributed by atoms with van der Waals surface area (Å²) in [5, 5.41) is 0. The van der Waals surface area contributed by atoms with Crippen molar-refractivity contribution < 1.29 is 4.79 Å². The molecule has 0 spiro atoms. The van der Waals surface area contributed by atoms with E-state index in [1.807, 2.05) is 25.1 Å². The molecule has 96 valence electrons. The molecule has 2 aromatic carbocycles. The number of fused-ring (bicyclic) bond motifs is 3. The fraction of sp³-hybridized carbons (Fsp3) is 0.235. The van der Waals surface area contributed by atoms with Gasteiger partial charge in [0.05, 0.1) is 6.54 Å². The van der Waals surface area contributed by atoms with Crippen LogP contribution in [0.15, 0.2) is 42.5 Å². The van der Waals surface area contributed by atoms with Crippen molar-refractivity contribution >= 4 is 5.78 Å². The molecule has 1 aliphatic rings. The lowest BCUT2D eigenvalue weighted by Crippen LogP contribution is -2.21. The first-order valence-electron chi connectivity index (χ1n) is 6.54. The minimum absolute atomic E-state index is 0.184. The van der Waals surface area contributed by atoms with Crippen LogP contribution in [0.2, 0.25) is 0 Å². The van der Waals surface area contributed by atoms with Crippen molar-refractivity contribution in [3.8, 4) is 11.1 Å². The van der Waals surface area contributed by atoms with E-state index in [1.165, 1.54) is 22.3 Å². The second-order valence-corrected chi connectivity index (χ2v) is 5.37. The van der Waals surface area contributed by atoms with Gasteiger partial charge >= 0.3 is 0 Å². The first-order valence-corrected chi connectivity index (χ1v) is 6.54. The van der Waals surface area contributed by atoms with Crippen molar-refractivity contribution in [3.05, 3.63) is 59.2 Å². The van der Waals surface area contributed by atoms with Gasteiger partial charge in [0.1, 0.15) is 0 Å². The molecule has 0 aromatic heterocycles. The number of nitrogens with zero attached hydrogens (tertiary/aromatic N) is 1. The molecule has 0 fully saturated rings. The van der Waals surface area contributed by atoms with E-state index < -0.39 is 0 Å². The smallest absolute Gasteiger partial charge is 0.176 e. The summed E-state index contributed by atoms with van der Waals surface area (Å²) in [6.07, 6.45) is 0.939. The highest BCUT2D eigenvalue weighted by Crippen LogP contribution is 2.36. The van der Waals surface area contributed by atoms with E-state index in [1.54, 1.807) is 0 Å². The number of likely N-dealkylation sites (N-methyl/N-ethyl adjacent to an activating group) is 1. The Morgan fingerprint density at radius 1 is 1.05 bits per heavy atom. The van der Waals surface area contributed by atoms with Crippen molar-refractivity contribution in [2.24, 2.45) is 0 Å². The van der Waals surface area contributed by atoms with Crippen molar-refractivity contribution in [1.82, 2.24) is 4.90 Å². The minimum Gasteiger partial charge on any atom is -0.302 e. The quantitative estimate of drug-likeness (QED) is 0.667. The molecule has 1 aliphatic carbocycles. The lowest BCUT2D eigenvalue weighted by Gasteiger charge is -2.09. The molecule has 0 amide bonds. The van der Waals surface area contributed by atoms with Crippen LogP contribution < -0.4 is 0 Å². The van der Waals surface area contributed by atoms with E-state index in [4.69, 9.17) is 0 Å². The van der Waals surface area contributed by atoms with E-state index in [2.05, 4.69) is 36.4 Å². The van der Waals surface area contributed by atoms with Crippen LogP contribution in [0.25, 0.3) is 11.1 Å². The van der Waals surface area contributed by atoms with Gasteiger partial charge in [0.2, 0.25) is 0 Å². The van der Waals surface area contributed by atoms with Crippen LogP contribution in [0.1, 0.15) is 21.5 Å². The molecule has 0 saturated carbocycles. The fourth-order valence-electron chi connectivity index (χ4n) is 2.70. The monoisotopic (exact) mass is 251 g/mol. The average Bonchev–Trinajstić information content (AvgIpc) is 2.75. The van der Waals surface area contributed by atoms with Gasteiger partial charge < -0.3 is 4.90 Å². The Morgan fingerprint density at radius 2 is 1.79 bits per heavy atom. The molecule has 0 atom stereocenters. The molecule has 2 heteroatoms. The van der Waals surface area contributed by atoms with Gasteiger partial charge in [-0.2, -0.15) is 0 Å². The Balaban J connectivity index is 1.95. The Labute approximate surface area is 113 Å². The molecule has 0 N–H and O–H groups in total. The second-order valence-electron chi connectivity index (χ2n) is 5.37. The third-order valence-corrected chi connectivity index (χ3v) is 3.58. The summed E-state index contributed by atoms with van der Waals surface area (Å²) in [7, 11) is 3.84. The van der Waals surface area contributed by atoms with E-state index in [0.29, 0.717) is 6.54 Å². The van der Waals surface area contributed by atoms with Gasteiger partial charge in [-0.3, -0.25) is 4.79 Å². The maximum Gasteiger partial charge on any atom is 0.176 e. The summed E-state index contributed by atoms with van der Waals surface area (Å²) in [6, 6.07) is 14.6. The van der Waals surface area contributed by atoms with E-state index in [0.717, 1.165) is 12.0 Å². The summed E-state index contributed by atoms with van der Waals surface area (Å²) >= 11 is 0. The largest absolute Gasteiger partial charge is 0.302 e. The van der Waals surface area contributed by atoms with Crippen molar-refractivity contribution in [1.29, 1.82) is 0 Å². The third-order valence-electron chi connectivity index (χ3n) is 3.58. The van der Waals surface area contributed by atoms with E-state index in [9.17, 15) is 4.79 Å². The molecule has 0 bridgehead atoms. The van der Waals surface area contributed by atoms with Crippen LogP contribution in [0.3, 0.4) is 0 Å². The average molecular weight is 251 g/mol. The summed E-state index contributed by atoms with van der Waals surface area (Å²) in [5.41, 5.74) is 6.03. The SMILES string of the molecule is CN(C)CC(=O)c1ccc2c(c1)Cc1ccccc1-2. The molecular weight excluding hydrogens is 234 g/mol. The van der Waals surface area contributed by atoms with Crippen LogP contribution in [0.4, 0.5) is 0 Å². The fourth-order valence-corrected chi connectivity index (χ4v) is 2.70. The topological polar surface area (TPSA) is 20.3 Å². The maximum absolute atomic E-state index is 12.1. The number of ketones is 1. The number of benzene rings is 2. The highest BCUT2D eigenvalue weighted by molar-refractivity contribution is 5.98. The first kappa shape index (κ1) is 12.1. The van der Waals surface area contributed by atoms with E-state index in [-0.39, 0.29) is 5.78 Å². The lowest BCUT2D eigenvalue weighted by molar-refractivity contribution is 0.0958. The summed E-state index contributed by atoms with van der Waals surface area (Å²) in [4.78, 5) is 14.0.